The molecule has 1 unspecified atom stereocenters. The third-order valence-electron chi connectivity index (χ3n) is 3.63. The van der Waals surface area contributed by atoms with Gasteiger partial charge in [0, 0.05) is 23.0 Å². The van der Waals surface area contributed by atoms with E-state index in [1.807, 2.05) is 50.2 Å². The molecule has 2 rings (SSSR count). The molecule has 0 aromatic heterocycles. The fourth-order valence-corrected chi connectivity index (χ4v) is 2.09. The molecule has 0 heterocycles. The minimum absolute atomic E-state index is 0.110. The van der Waals surface area contributed by atoms with E-state index in [1.165, 1.54) is 0 Å². The molecule has 0 aliphatic heterocycles. The average Bonchev–Trinajstić information content (AvgIpc) is 2.61. The molecule has 126 valence electrons. The van der Waals surface area contributed by atoms with Crippen LogP contribution in [0.25, 0.3) is 0 Å². The quantitative estimate of drug-likeness (QED) is 0.732. The third kappa shape index (κ3) is 5.43. The Morgan fingerprint density at radius 1 is 1.00 bits per heavy atom. The molecule has 2 aromatic rings. The van der Waals surface area contributed by atoms with E-state index in [0.717, 1.165) is 17.8 Å². The molecule has 3 N–H and O–H groups in total. The highest BCUT2D eigenvalue weighted by molar-refractivity contribution is 5.96. The first kappa shape index (κ1) is 17.5. The highest BCUT2D eigenvalue weighted by atomic mass is 16.2. The molecule has 2 aromatic carbocycles. The maximum atomic E-state index is 12.1. The Labute approximate surface area is 142 Å². The maximum Gasteiger partial charge on any atom is 0.251 e. The summed E-state index contributed by atoms with van der Waals surface area (Å²) in [6.45, 7) is 4.12. The van der Waals surface area contributed by atoms with Gasteiger partial charge < -0.3 is 16.0 Å². The maximum absolute atomic E-state index is 12.1. The van der Waals surface area contributed by atoms with Crippen LogP contribution in [0.5, 0.6) is 0 Å². The second-order valence-electron chi connectivity index (χ2n) is 5.63. The number of nitrogens with one attached hydrogen (secondary N) is 3. The van der Waals surface area contributed by atoms with Crippen LogP contribution in [0.1, 0.15) is 30.6 Å². The van der Waals surface area contributed by atoms with Gasteiger partial charge in [0.15, 0.2) is 0 Å². The summed E-state index contributed by atoms with van der Waals surface area (Å²) in [6.07, 6.45) is 0.878. The lowest BCUT2D eigenvalue weighted by molar-refractivity contribution is -0.114. The van der Waals surface area contributed by atoms with E-state index in [2.05, 4.69) is 16.0 Å². The van der Waals surface area contributed by atoms with Crippen molar-refractivity contribution in [2.75, 3.05) is 17.2 Å². The number of amides is 2. The summed E-state index contributed by atoms with van der Waals surface area (Å²) < 4.78 is 0. The van der Waals surface area contributed by atoms with E-state index in [4.69, 9.17) is 0 Å². The van der Waals surface area contributed by atoms with Gasteiger partial charge >= 0.3 is 0 Å². The molecule has 0 saturated carbocycles. The summed E-state index contributed by atoms with van der Waals surface area (Å²) in [5.41, 5.74) is 2.06. The van der Waals surface area contributed by atoms with E-state index in [9.17, 15) is 9.59 Å². The molecule has 0 aliphatic carbocycles. The molecule has 24 heavy (non-hydrogen) atoms. The molecule has 0 spiro atoms. The molecular formula is C19H23N3O2. The topological polar surface area (TPSA) is 70.2 Å². The van der Waals surface area contributed by atoms with Crippen LogP contribution in [0.2, 0.25) is 0 Å². The lowest BCUT2D eigenvalue weighted by Gasteiger charge is -2.12. The zero-order chi connectivity index (χ0) is 17.4. The van der Waals surface area contributed by atoms with Crippen molar-refractivity contribution in [3.63, 3.8) is 0 Å². The van der Waals surface area contributed by atoms with E-state index in [0.29, 0.717) is 5.56 Å². The van der Waals surface area contributed by atoms with Gasteiger partial charge in [0.2, 0.25) is 5.91 Å². The zero-order valence-corrected chi connectivity index (χ0v) is 14.0. The first-order valence-electron chi connectivity index (χ1n) is 8.08. The van der Waals surface area contributed by atoms with E-state index in [-0.39, 0.29) is 24.4 Å². The van der Waals surface area contributed by atoms with Crippen LogP contribution in [0.15, 0.2) is 54.6 Å². The molecule has 0 fully saturated rings. The van der Waals surface area contributed by atoms with Crippen LogP contribution in [-0.4, -0.2) is 24.4 Å². The van der Waals surface area contributed by atoms with Crippen molar-refractivity contribution < 1.29 is 9.59 Å². The molecule has 5 heteroatoms. The Balaban J connectivity index is 1.90. The van der Waals surface area contributed by atoms with Crippen molar-refractivity contribution in [2.45, 2.75) is 26.3 Å². The highest BCUT2D eigenvalue weighted by Gasteiger charge is 2.09. The van der Waals surface area contributed by atoms with Gasteiger partial charge in [-0.3, -0.25) is 9.59 Å². The van der Waals surface area contributed by atoms with Crippen molar-refractivity contribution in [3.05, 3.63) is 60.2 Å². The summed E-state index contributed by atoms with van der Waals surface area (Å²) in [6, 6.07) is 16.5. The van der Waals surface area contributed by atoms with Gasteiger partial charge in [-0.05, 0) is 43.7 Å². The van der Waals surface area contributed by atoms with E-state index >= 15 is 0 Å². The summed E-state index contributed by atoms with van der Waals surface area (Å²) in [5, 5.41) is 8.76. The van der Waals surface area contributed by atoms with Crippen LogP contribution in [0.3, 0.4) is 0 Å². The summed E-state index contributed by atoms with van der Waals surface area (Å²) in [4.78, 5) is 24.1. The number of carbonyl (C=O) groups is 2. The predicted molar refractivity (Wildman–Crippen MR) is 97.2 cm³/mol. The minimum Gasteiger partial charge on any atom is -0.376 e. The Morgan fingerprint density at radius 3 is 2.42 bits per heavy atom. The van der Waals surface area contributed by atoms with Gasteiger partial charge in [0.1, 0.15) is 0 Å². The fourth-order valence-electron chi connectivity index (χ4n) is 2.09. The van der Waals surface area contributed by atoms with Crippen molar-refractivity contribution in [1.82, 2.24) is 5.32 Å². The van der Waals surface area contributed by atoms with Crippen LogP contribution in [-0.2, 0) is 4.79 Å². The van der Waals surface area contributed by atoms with Crippen LogP contribution < -0.4 is 16.0 Å². The Bertz CT molecular complexity index is 686. The molecule has 2 amide bonds. The second kappa shape index (κ2) is 8.72. The number of para-hydroxylation sites is 1. The van der Waals surface area contributed by atoms with Crippen LogP contribution >= 0.6 is 0 Å². The molecule has 5 nitrogen and oxygen atoms in total. The van der Waals surface area contributed by atoms with Crippen LogP contribution in [0.4, 0.5) is 11.4 Å². The standard InChI is InChI=1S/C19H23N3O2/c1-3-14(2)21-19(24)15-8-7-11-17(12-15)20-13-18(23)22-16-9-5-4-6-10-16/h4-12,14,20H,3,13H2,1-2H3,(H,21,24)(H,22,23). The number of hydrogen-bond donors (Lipinski definition) is 3. The van der Waals surface area contributed by atoms with Gasteiger partial charge in [-0.25, -0.2) is 0 Å². The van der Waals surface area contributed by atoms with Gasteiger partial charge in [0.25, 0.3) is 5.91 Å². The van der Waals surface area contributed by atoms with Crippen LogP contribution in [0, 0.1) is 0 Å². The lowest BCUT2D eigenvalue weighted by atomic mass is 10.1. The number of benzene rings is 2. The van der Waals surface area contributed by atoms with E-state index in [1.54, 1.807) is 18.2 Å². The van der Waals surface area contributed by atoms with Gasteiger partial charge in [-0.15, -0.1) is 0 Å². The molecule has 0 aliphatic rings. The van der Waals surface area contributed by atoms with Crippen molar-refractivity contribution in [2.24, 2.45) is 0 Å². The number of hydrogen-bond acceptors (Lipinski definition) is 3. The Hall–Kier alpha value is -2.82. The number of carbonyl (C=O) groups excluding carboxylic acids is 2. The summed E-state index contributed by atoms with van der Waals surface area (Å²) in [5.74, 6) is -0.252. The smallest absolute Gasteiger partial charge is 0.251 e. The molecule has 0 saturated heterocycles. The third-order valence-corrected chi connectivity index (χ3v) is 3.63. The fraction of sp³-hybridized carbons (Fsp3) is 0.263. The Morgan fingerprint density at radius 2 is 1.71 bits per heavy atom. The van der Waals surface area contributed by atoms with Gasteiger partial charge in [-0.2, -0.15) is 0 Å². The number of anilines is 2. The first-order valence-corrected chi connectivity index (χ1v) is 8.08. The zero-order valence-electron chi connectivity index (χ0n) is 14.0. The highest BCUT2D eigenvalue weighted by Crippen LogP contribution is 2.11. The summed E-state index contributed by atoms with van der Waals surface area (Å²) >= 11 is 0. The lowest BCUT2D eigenvalue weighted by Crippen LogP contribution is -2.31. The second-order valence-corrected chi connectivity index (χ2v) is 5.63. The van der Waals surface area contributed by atoms with Gasteiger partial charge in [0.05, 0.1) is 6.54 Å². The minimum atomic E-state index is -0.143. The Kier molecular flexibility index (Phi) is 6.37. The SMILES string of the molecule is CCC(C)NC(=O)c1cccc(NCC(=O)Nc2ccccc2)c1. The van der Waals surface area contributed by atoms with Crippen molar-refractivity contribution in [3.8, 4) is 0 Å². The van der Waals surface area contributed by atoms with Crippen molar-refractivity contribution in [1.29, 1.82) is 0 Å². The van der Waals surface area contributed by atoms with Crippen molar-refractivity contribution >= 4 is 23.2 Å². The van der Waals surface area contributed by atoms with E-state index < -0.39 is 0 Å². The normalized spacial score (nSPS) is 11.4. The summed E-state index contributed by atoms with van der Waals surface area (Å²) in [7, 11) is 0. The monoisotopic (exact) mass is 325 g/mol. The number of rotatable bonds is 7. The predicted octanol–water partition coefficient (Wildman–Crippen LogP) is 3.27. The largest absolute Gasteiger partial charge is 0.376 e. The molecule has 0 radical (unpaired) electrons. The molecule has 0 bridgehead atoms. The van der Waals surface area contributed by atoms with Gasteiger partial charge in [-0.1, -0.05) is 31.2 Å². The molecule has 1 atom stereocenters. The molecular weight excluding hydrogens is 302 g/mol. The first-order chi connectivity index (χ1) is 11.6. The average molecular weight is 325 g/mol.